The molecule has 5 heteroatoms. The molecule has 2 amide bonds. The third-order valence-corrected chi connectivity index (χ3v) is 4.73. The number of amides is 2. The molecule has 0 heterocycles. The van der Waals surface area contributed by atoms with Crippen LogP contribution in [0.2, 0.25) is 5.02 Å². The molecule has 4 rings (SSSR count). The SMILES string of the molecule is O=C(Nc1ccc(NC(=O)c2ccc3ccccc3c2)cc1)c1cccc(Cl)c1. The summed E-state index contributed by atoms with van der Waals surface area (Å²) in [5, 5.41) is 8.29. The molecule has 142 valence electrons. The fourth-order valence-corrected chi connectivity index (χ4v) is 3.19. The molecule has 0 fully saturated rings. The quantitative estimate of drug-likeness (QED) is 0.441. The number of fused-ring (bicyclic) bond motifs is 1. The monoisotopic (exact) mass is 400 g/mol. The fourth-order valence-electron chi connectivity index (χ4n) is 3.00. The number of carbonyl (C=O) groups is 2. The van der Waals surface area contributed by atoms with Gasteiger partial charge in [0.2, 0.25) is 0 Å². The summed E-state index contributed by atoms with van der Waals surface area (Å²) in [6, 6.07) is 27.2. The van der Waals surface area contributed by atoms with Gasteiger partial charge in [0.25, 0.3) is 11.8 Å². The Morgan fingerprint density at radius 2 is 1.17 bits per heavy atom. The highest BCUT2D eigenvalue weighted by Gasteiger charge is 2.09. The number of nitrogens with one attached hydrogen (secondary N) is 2. The van der Waals surface area contributed by atoms with Crippen molar-refractivity contribution in [3.63, 3.8) is 0 Å². The minimum atomic E-state index is -0.250. The first kappa shape index (κ1) is 18.7. The third kappa shape index (κ3) is 4.45. The summed E-state index contributed by atoms with van der Waals surface area (Å²) < 4.78 is 0. The number of carbonyl (C=O) groups excluding carboxylic acids is 2. The van der Waals surface area contributed by atoms with Gasteiger partial charge in [-0.25, -0.2) is 0 Å². The molecule has 0 atom stereocenters. The maximum Gasteiger partial charge on any atom is 0.255 e. The van der Waals surface area contributed by atoms with E-state index in [4.69, 9.17) is 11.6 Å². The minimum Gasteiger partial charge on any atom is -0.322 e. The lowest BCUT2D eigenvalue weighted by Crippen LogP contribution is -2.13. The summed E-state index contributed by atoms with van der Waals surface area (Å²) in [6.07, 6.45) is 0. The highest BCUT2D eigenvalue weighted by molar-refractivity contribution is 6.31. The van der Waals surface area contributed by atoms with E-state index >= 15 is 0 Å². The fraction of sp³-hybridized carbons (Fsp3) is 0. The van der Waals surface area contributed by atoms with Gasteiger partial charge in [0.1, 0.15) is 0 Å². The largest absolute Gasteiger partial charge is 0.322 e. The minimum absolute atomic E-state index is 0.188. The van der Waals surface area contributed by atoms with Gasteiger partial charge in [-0.05, 0) is 65.4 Å². The second kappa shape index (κ2) is 8.17. The van der Waals surface area contributed by atoms with Crippen LogP contribution in [0.4, 0.5) is 11.4 Å². The van der Waals surface area contributed by atoms with Crippen molar-refractivity contribution >= 4 is 45.6 Å². The lowest BCUT2D eigenvalue weighted by Gasteiger charge is -2.09. The summed E-state index contributed by atoms with van der Waals surface area (Å²) in [6.45, 7) is 0. The van der Waals surface area contributed by atoms with Crippen molar-refractivity contribution in [3.8, 4) is 0 Å². The van der Waals surface area contributed by atoms with Crippen molar-refractivity contribution in [2.75, 3.05) is 10.6 Å². The molecule has 0 aliphatic heterocycles. The van der Waals surface area contributed by atoms with Crippen LogP contribution < -0.4 is 10.6 Å². The van der Waals surface area contributed by atoms with Crippen LogP contribution in [0, 0.1) is 0 Å². The van der Waals surface area contributed by atoms with Gasteiger partial charge < -0.3 is 10.6 Å². The average molecular weight is 401 g/mol. The molecule has 0 aliphatic carbocycles. The van der Waals surface area contributed by atoms with Crippen molar-refractivity contribution in [1.82, 2.24) is 0 Å². The zero-order valence-corrected chi connectivity index (χ0v) is 16.1. The van der Waals surface area contributed by atoms with Crippen molar-refractivity contribution in [2.24, 2.45) is 0 Å². The number of anilines is 2. The van der Waals surface area contributed by atoms with E-state index in [1.54, 1.807) is 54.6 Å². The van der Waals surface area contributed by atoms with E-state index in [9.17, 15) is 9.59 Å². The number of halogens is 1. The molecule has 0 radical (unpaired) electrons. The summed E-state index contributed by atoms with van der Waals surface area (Å²) in [7, 11) is 0. The van der Waals surface area contributed by atoms with Gasteiger partial charge in [-0.1, -0.05) is 48.0 Å². The van der Waals surface area contributed by atoms with E-state index in [2.05, 4.69) is 10.6 Å². The first-order valence-corrected chi connectivity index (χ1v) is 9.43. The zero-order chi connectivity index (χ0) is 20.2. The maximum absolute atomic E-state index is 12.5. The Kier molecular flexibility index (Phi) is 5.27. The third-order valence-electron chi connectivity index (χ3n) is 4.50. The highest BCUT2D eigenvalue weighted by atomic mass is 35.5. The van der Waals surface area contributed by atoms with Gasteiger partial charge in [0, 0.05) is 27.5 Å². The van der Waals surface area contributed by atoms with Crippen LogP contribution in [0.1, 0.15) is 20.7 Å². The van der Waals surface area contributed by atoms with E-state index in [1.807, 2.05) is 36.4 Å². The molecule has 4 aromatic carbocycles. The predicted octanol–water partition coefficient (Wildman–Crippen LogP) is 6.00. The van der Waals surface area contributed by atoms with Gasteiger partial charge in [-0.2, -0.15) is 0 Å². The van der Waals surface area contributed by atoms with Crippen LogP contribution in [0.5, 0.6) is 0 Å². The van der Waals surface area contributed by atoms with E-state index in [-0.39, 0.29) is 11.8 Å². The molecule has 0 saturated heterocycles. The molecule has 0 spiro atoms. The molecule has 4 nitrogen and oxygen atoms in total. The van der Waals surface area contributed by atoms with Gasteiger partial charge >= 0.3 is 0 Å². The molecule has 0 aromatic heterocycles. The summed E-state index contributed by atoms with van der Waals surface area (Å²) in [4.78, 5) is 24.8. The standard InChI is InChI=1S/C24H17ClN2O2/c25-20-7-3-6-18(15-20)23(28)26-21-10-12-22(13-11-21)27-24(29)19-9-8-16-4-1-2-5-17(16)14-19/h1-15H,(H,26,28)(H,27,29). The van der Waals surface area contributed by atoms with Gasteiger partial charge in [0.05, 0.1) is 0 Å². The Balaban J connectivity index is 1.43. The number of hydrogen-bond donors (Lipinski definition) is 2. The number of benzene rings is 4. The summed E-state index contributed by atoms with van der Waals surface area (Å²) in [5.41, 5.74) is 2.33. The van der Waals surface area contributed by atoms with E-state index in [0.717, 1.165) is 10.8 Å². The zero-order valence-electron chi connectivity index (χ0n) is 15.4. The Hall–Kier alpha value is -3.63. The van der Waals surface area contributed by atoms with Gasteiger partial charge in [0.15, 0.2) is 0 Å². The molecule has 0 aliphatic rings. The van der Waals surface area contributed by atoms with Crippen LogP contribution in [0.25, 0.3) is 10.8 Å². The molecular formula is C24H17ClN2O2. The average Bonchev–Trinajstić information content (AvgIpc) is 2.74. The van der Waals surface area contributed by atoms with Crippen molar-refractivity contribution in [2.45, 2.75) is 0 Å². The van der Waals surface area contributed by atoms with Gasteiger partial charge in [-0.15, -0.1) is 0 Å². The maximum atomic E-state index is 12.5. The molecule has 29 heavy (non-hydrogen) atoms. The number of hydrogen-bond acceptors (Lipinski definition) is 2. The van der Waals surface area contributed by atoms with Crippen molar-refractivity contribution in [1.29, 1.82) is 0 Å². The topological polar surface area (TPSA) is 58.2 Å². The Labute approximate surface area is 173 Å². The second-order valence-corrected chi connectivity index (χ2v) is 6.99. The highest BCUT2D eigenvalue weighted by Crippen LogP contribution is 2.19. The van der Waals surface area contributed by atoms with Crippen LogP contribution in [-0.2, 0) is 0 Å². The summed E-state index contributed by atoms with van der Waals surface area (Å²) >= 11 is 5.92. The van der Waals surface area contributed by atoms with E-state index in [1.165, 1.54) is 0 Å². The second-order valence-electron chi connectivity index (χ2n) is 6.56. The van der Waals surface area contributed by atoms with Crippen molar-refractivity contribution in [3.05, 3.63) is 107 Å². The molecule has 4 aromatic rings. The normalized spacial score (nSPS) is 10.5. The lowest BCUT2D eigenvalue weighted by molar-refractivity contribution is 0.101. The molecule has 2 N–H and O–H groups in total. The van der Waals surface area contributed by atoms with Crippen molar-refractivity contribution < 1.29 is 9.59 Å². The molecular weight excluding hydrogens is 384 g/mol. The van der Waals surface area contributed by atoms with Crippen LogP contribution in [0.3, 0.4) is 0 Å². The first-order valence-electron chi connectivity index (χ1n) is 9.06. The first-order chi connectivity index (χ1) is 14.1. The van der Waals surface area contributed by atoms with Crippen LogP contribution in [-0.4, -0.2) is 11.8 Å². The summed E-state index contributed by atoms with van der Waals surface area (Å²) in [5.74, 6) is -0.438. The predicted molar refractivity (Wildman–Crippen MR) is 118 cm³/mol. The van der Waals surface area contributed by atoms with E-state index < -0.39 is 0 Å². The smallest absolute Gasteiger partial charge is 0.255 e. The number of rotatable bonds is 4. The Bertz CT molecular complexity index is 1200. The van der Waals surface area contributed by atoms with Crippen LogP contribution in [0.15, 0.2) is 91.0 Å². The Morgan fingerprint density at radius 1 is 0.586 bits per heavy atom. The lowest BCUT2D eigenvalue weighted by atomic mass is 10.1. The van der Waals surface area contributed by atoms with Crippen LogP contribution >= 0.6 is 11.6 Å². The van der Waals surface area contributed by atoms with Gasteiger partial charge in [-0.3, -0.25) is 9.59 Å². The molecule has 0 bridgehead atoms. The van der Waals surface area contributed by atoms with E-state index in [0.29, 0.717) is 27.5 Å². The Morgan fingerprint density at radius 3 is 1.79 bits per heavy atom. The molecule has 0 saturated carbocycles. The molecule has 0 unspecified atom stereocenters.